The van der Waals surface area contributed by atoms with Crippen LogP contribution in [0.2, 0.25) is 0 Å². The summed E-state index contributed by atoms with van der Waals surface area (Å²) in [7, 11) is 2.03. The first-order chi connectivity index (χ1) is 8.31. The lowest BCUT2D eigenvalue weighted by atomic mass is 10.2. The second kappa shape index (κ2) is 5.80. The molecule has 0 spiro atoms. The van der Waals surface area contributed by atoms with E-state index in [2.05, 4.69) is 27.4 Å². The minimum atomic E-state index is 0.0567. The fourth-order valence-corrected chi connectivity index (χ4v) is 2.44. The number of thiophene rings is 1. The molecule has 90 valence electrons. The topological polar surface area (TPSA) is 36.4 Å². The van der Waals surface area contributed by atoms with Crippen molar-refractivity contribution in [2.75, 3.05) is 18.5 Å². The molecule has 0 radical (unpaired) electrons. The van der Waals surface area contributed by atoms with Gasteiger partial charge in [-0.05, 0) is 23.9 Å². The predicted molar refractivity (Wildman–Crippen MR) is 71.5 cm³/mol. The quantitative estimate of drug-likeness (QED) is 0.882. The van der Waals surface area contributed by atoms with E-state index in [4.69, 9.17) is 0 Å². The molecule has 0 amide bonds. The minimum Gasteiger partial charge on any atom is -0.392 e. The van der Waals surface area contributed by atoms with Crippen LogP contribution in [0.3, 0.4) is 0 Å². The second-order valence-corrected chi connectivity index (χ2v) is 4.95. The van der Waals surface area contributed by atoms with E-state index in [9.17, 15) is 5.11 Å². The van der Waals surface area contributed by atoms with E-state index in [0.717, 1.165) is 24.2 Å². The Kier molecular flexibility index (Phi) is 4.12. The Labute approximate surface area is 105 Å². The van der Waals surface area contributed by atoms with Crippen molar-refractivity contribution in [2.24, 2.45) is 0 Å². The van der Waals surface area contributed by atoms with Gasteiger partial charge in [-0.25, -0.2) is 0 Å². The van der Waals surface area contributed by atoms with E-state index in [-0.39, 0.29) is 6.61 Å². The van der Waals surface area contributed by atoms with Gasteiger partial charge in [0.05, 0.1) is 18.5 Å². The number of aliphatic hydroxyl groups is 1. The molecule has 0 bridgehead atoms. The number of pyridine rings is 1. The van der Waals surface area contributed by atoms with E-state index < -0.39 is 0 Å². The van der Waals surface area contributed by atoms with Crippen molar-refractivity contribution < 1.29 is 5.11 Å². The van der Waals surface area contributed by atoms with Gasteiger partial charge in [0, 0.05) is 30.2 Å². The maximum atomic E-state index is 9.27. The predicted octanol–water partition coefficient (Wildman–Crippen LogP) is 2.31. The van der Waals surface area contributed by atoms with Crippen LogP contribution in [0.5, 0.6) is 0 Å². The van der Waals surface area contributed by atoms with E-state index in [1.807, 2.05) is 13.1 Å². The second-order valence-electron chi connectivity index (χ2n) is 3.91. The van der Waals surface area contributed by atoms with Gasteiger partial charge in [0.15, 0.2) is 0 Å². The van der Waals surface area contributed by atoms with Crippen LogP contribution >= 0.6 is 11.3 Å². The molecule has 0 fully saturated rings. The first-order valence-corrected chi connectivity index (χ1v) is 6.46. The lowest BCUT2D eigenvalue weighted by molar-refractivity contribution is 0.282. The van der Waals surface area contributed by atoms with Crippen LogP contribution < -0.4 is 4.90 Å². The lowest BCUT2D eigenvalue weighted by Gasteiger charge is -2.20. The van der Waals surface area contributed by atoms with E-state index in [1.54, 1.807) is 23.7 Å². The van der Waals surface area contributed by atoms with Crippen molar-refractivity contribution in [2.45, 2.75) is 13.0 Å². The summed E-state index contributed by atoms with van der Waals surface area (Å²) in [5, 5.41) is 11.4. The number of rotatable bonds is 5. The Balaban J connectivity index is 2.01. The number of hydrogen-bond acceptors (Lipinski definition) is 4. The summed E-state index contributed by atoms with van der Waals surface area (Å²) in [5.74, 6) is 0. The Morgan fingerprint density at radius 2 is 2.29 bits per heavy atom. The molecule has 0 atom stereocenters. The fraction of sp³-hybridized carbons (Fsp3) is 0.308. The van der Waals surface area contributed by atoms with Crippen LogP contribution in [-0.2, 0) is 13.0 Å². The van der Waals surface area contributed by atoms with Crippen molar-refractivity contribution in [3.05, 3.63) is 46.4 Å². The molecule has 2 aromatic heterocycles. The molecule has 0 saturated carbocycles. The molecule has 0 saturated heterocycles. The molecule has 0 aliphatic heterocycles. The highest BCUT2D eigenvalue weighted by atomic mass is 32.1. The van der Waals surface area contributed by atoms with Gasteiger partial charge in [-0.3, -0.25) is 4.98 Å². The van der Waals surface area contributed by atoms with Crippen LogP contribution in [0, 0.1) is 0 Å². The zero-order valence-electron chi connectivity index (χ0n) is 9.84. The molecule has 1 N–H and O–H groups in total. The summed E-state index contributed by atoms with van der Waals surface area (Å²) in [5.41, 5.74) is 1.93. The highest BCUT2D eigenvalue weighted by Gasteiger charge is 2.06. The Hall–Kier alpha value is -1.39. The monoisotopic (exact) mass is 248 g/mol. The summed E-state index contributed by atoms with van der Waals surface area (Å²) in [6.45, 7) is 0.987. The molecule has 0 aromatic carbocycles. The molecule has 17 heavy (non-hydrogen) atoms. The van der Waals surface area contributed by atoms with Gasteiger partial charge in [0.1, 0.15) is 0 Å². The van der Waals surface area contributed by atoms with Gasteiger partial charge in [-0.2, -0.15) is 0 Å². The van der Waals surface area contributed by atoms with Gasteiger partial charge in [0.25, 0.3) is 0 Å². The molecular weight excluding hydrogens is 232 g/mol. The molecule has 0 unspecified atom stereocenters. The number of likely N-dealkylation sites (N-methyl/N-ethyl adjacent to an activating group) is 1. The van der Waals surface area contributed by atoms with Crippen molar-refractivity contribution in [3.8, 4) is 0 Å². The van der Waals surface area contributed by atoms with Crippen LogP contribution in [0.4, 0.5) is 5.69 Å². The average molecular weight is 248 g/mol. The Morgan fingerprint density at radius 3 is 3.00 bits per heavy atom. The summed E-state index contributed by atoms with van der Waals surface area (Å²) < 4.78 is 0. The van der Waals surface area contributed by atoms with Crippen LogP contribution in [0.1, 0.15) is 10.4 Å². The van der Waals surface area contributed by atoms with Crippen molar-refractivity contribution in [1.82, 2.24) is 4.98 Å². The van der Waals surface area contributed by atoms with E-state index in [1.165, 1.54) is 4.88 Å². The lowest BCUT2D eigenvalue weighted by Crippen LogP contribution is -2.21. The van der Waals surface area contributed by atoms with Crippen molar-refractivity contribution >= 4 is 17.0 Å². The number of anilines is 1. The van der Waals surface area contributed by atoms with Gasteiger partial charge < -0.3 is 10.0 Å². The fourth-order valence-electron chi connectivity index (χ4n) is 1.75. The zero-order chi connectivity index (χ0) is 12.1. The van der Waals surface area contributed by atoms with Gasteiger partial charge in [-0.1, -0.05) is 6.07 Å². The maximum absolute atomic E-state index is 9.27. The van der Waals surface area contributed by atoms with Gasteiger partial charge >= 0.3 is 0 Å². The van der Waals surface area contributed by atoms with Crippen LogP contribution in [0.15, 0.2) is 36.0 Å². The summed E-state index contributed by atoms with van der Waals surface area (Å²) in [4.78, 5) is 7.63. The number of hydrogen-bond donors (Lipinski definition) is 1. The highest BCUT2D eigenvalue weighted by Crippen LogP contribution is 2.18. The number of aromatic nitrogens is 1. The van der Waals surface area contributed by atoms with Gasteiger partial charge in [-0.15, -0.1) is 11.3 Å². The standard InChI is InChI=1S/C13H16N2OS/c1-15(7-5-12-3-2-8-17-12)13-9-14-6-4-11(13)10-16/h2-4,6,8-9,16H,5,7,10H2,1H3. The molecule has 0 aliphatic carbocycles. The summed E-state index contributed by atoms with van der Waals surface area (Å²) in [6.07, 6.45) is 4.54. The van der Waals surface area contributed by atoms with Gasteiger partial charge in [0.2, 0.25) is 0 Å². The third kappa shape index (κ3) is 3.05. The summed E-state index contributed by atoms with van der Waals surface area (Å²) in [6, 6.07) is 6.08. The third-order valence-electron chi connectivity index (χ3n) is 2.74. The van der Waals surface area contributed by atoms with Crippen molar-refractivity contribution in [1.29, 1.82) is 0 Å². The highest BCUT2D eigenvalue weighted by molar-refractivity contribution is 7.09. The molecule has 2 heterocycles. The third-order valence-corrected chi connectivity index (χ3v) is 3.68. The number of nitrogens with zero attached hydrogens (tertiary/aromatic N) is 2. The Bertz CT molecular complexity index is 456. The van der Waals surface area contributed by atoms with E-state index >= 15 is 0 Å². The summed E-state index contributed by atoms with van der Waals surface area (Å²) >= 11 is 1.78. The molecule has 2 rings (SSSR count). The zero-order valence-corrected chi connectivity index (χ0v) is 10.7. The molecular formula is C13H16N2OS. The average Bonchev–Trinajstić information content (AvgIpc) is 2.89. The van der Waals surface area contributed by atoms with Crippen LogP contribution in [-0.4, -0.2) is 23.7 Å². The van der Waals surface area contributed by atoms with Crippen LogP contribution in [0.25, 0.3) is 0 Å². The van der Waals surface area contributed by atoms with Crippen molar-refractivity contribution in [3.63, 3.8) is 0 Å². The SMILES string of the molecule is CN(CCc1cccs1)c1cnccc1CO. The maximum Gasteiger partial charge on any atom is 0.0703 e. The molecule has 2 aromatic rings. The molecule has 4 heteroatoms. The molecule has 3 nitrogen and oxygen atoms in total. The van der Waals surface area contributed by atoms with E-state index in [0.29, 0.717) is 0 Å². The first kappa shape index (κ1) is 12.1. The molecule has 0 aliphatic rings. The smallest absolute Gasteiger partial charge is 0.0703 e. The first-order valence-electron chi connectivity index (χ1n) is 5.58. The largest absolute Gasteiger partial charge is 0.392 e. The minimum absolute atomic E-state index is 0.0567. The Morgan fingerprint density at radius 1 is 1.41 bits per heavy atom. The normalized spacial score (nSPS) is 10.5. The number of aliphatic hydroxyl groups excluding tert-OH is 1.